The van der Waals surface area contributed by atoms with Crippen molar-refractivity contribution in [2.24, 2.45) is 11.7 Å². The van der Waals surface area contributed by atoms with Crippen LogP contribution in [0.2, 0.25) is 0 Å². The number of benzene rings is 3. The molecule has 0 fully saturated rings. The average Bonchev–Trinajstić information content (AvgIpc) is 2.87. The number of carbonyl (C=O) groups is 1. The lowest BCUT2D eigenvalue weighted by Gasteiger charge is -2.31. The zero-order chi connectivity index (χ0) is 27.0. The van der Waals surface area contributed by atoms with E-state index in [9.17, 15) is 18.3 Å². The number of amides is 1. The molecule has 5 N–H and O–H groups in total. The van der Waals surface area contributed by atoms with E-state index in [1.54, 1.807) is 26.0 Å². The van der Waals surface area contributed by atoms with E-state index >= 15 is 0 Å². The summed E-state index contributed by atoms with van der Waals surface area (Å²) in [5, 5.41) is 14.1. The van der Waals surface area contributed by atoms with Crippen LogP contribution >= 0.6 is 12.4 Å². The van der Waals surface area contributed by atoms with Crippen LogP contribution in [0.4, 0.5) is 0 Å². The van der Waals surface area contributed by atoms with E-state index in [-0.39, 0.29) is 23.2 Å². The zero-order valence-corrected chi connectivity index (χ0v) is 23.6. The molecule has 1 amide bonds. The molecule has 0 aliphatic carbocycles. The number of rotatable bonds is 12. The molecule has 0 heterocycles. The molecule has 4 atom stereocenters. The van der Waals surface area contributed by atoms with Crippen LogP contribution in [0.3, 0.4) is 0 Å². The minimum atomic E-state index is -3.94. The minimum absolute atomic E-state index is 0. The highest BCUT2D eigenvalue weighted by Gasteiger charge is 2.33. The number of hydrogen-bond acceptors (Lipinski definition) is 5. The summed E-state index contributed by atoms with van der Waals surface area (Å²) in [7, 11) is -3.94. The Kier molecular flexibility index (Phi) is 11.9. The van der Waals surface area contributed by atoms with E-state index in [4.69, 9.17) is 5.73 Å². The van der Waals surface area contributed by atoms with Crippen LogP contribution in [0.25, 0.3) is 0 Å². The summed E-state index contributed by atoms with van der Waals surface area (Å²) < 4.78 is 28.6. The first kappa shape index (κ1) is 31.5. The van der Waals surface area contributed by atoms with Crippen LogP contribution in [-0.2, 0) is 27.7 Å². The predicted octanol–water partition coefficient (Wildman–Crippen LogP) is 3.38. The number of nitrogens with two attached hydrogens (primary N) is 1. The Morgan fingerprint density at radius 3 is 1.87 bits per heavy atom. The maximum atomic E-state index is 13.4. The van der Waals surface area contributed by atoms with Crippen LogP contribution in [0, 0.1) is 12.8 Å². The van der Waals surface area contributed by atoms with Gasteiger partial charge in [-0.2, -0.15) is 4.72 Å². The van der Waals surface area contributed by atoms with Crippen molar-refractivity contribution in [2.75, 3.05) is 0 Å². The first-order chi connectivity index (χ1) is 17.6. The summed E-state index contributed by atoms with van der Waals surface area (Å²) in [5.74, 6) is -0.856. The normalized spacial score (nSPS) is 14.7. The molecule has 3 aromatic rings. The van der Waals surface area contributed by atoms with Gasteiger partial charge in [0, 0.05) is 6.04 Å². The Labute approximate surface area is 232 Å². The molecule has 3 unspecified atom stereocenters. The van der Waals surface area contributed by atoms with Crippen molar-refractivity contribution in [2.45, 2.75) is 62.7 Å². The summed E-state index contributed by atoms with van der Waals surface area (Å²) in [5.41, 5.74) is 9.22. The third-order valence-corrected chi connectivity index (χ3v) is 7.81. The van der Waals surface area contributed by atoms with Gasteiger partial charge in [-0.05, 0) is 48.9 Å². The number of hydrogen-bond donors (Lipinski definition) is 4. The maximum Gasteiger partial charge on any atom is 0.241 e. The molecular weight excluding hydrogens is 522 g/mol. The van der Waals surface area contributed by atoms with Gasteiger partial charge in [0.15, 0.2) is 0 Å². The van der Waals surface area contributed by atoms with Crippen LogP contribution in [-0.4, -0.2) is 43.7 Å². The van der Waals surface area contributed by atoms with Gasteiger partial charge < -0.3 is 16.2 Å². The highest BCUT2D eigenvalue weighted by Crippen LogP contribution is 2.16. The Morgan fingerprint density at radius 1 is 0.868 bits per heavy atom. The van der Waals surface area contributed by atoms with Crippen LogP contribution < -0.4 is 15.8 Å². The zero-order valence-electron chi connectivity index (χ0n) is 21.9. The molecule has 3 aromatic carbocycles. The highest BCUT2D eigenvalue weighted by molar-refractivity contribution is 7.89. The summed E-state index contributed by atoms with van der Waals surface area (Å²) in [6.07, 6.45) is -0.298. The molecule has 7 nitrogen and oxygen atoms in total. The molecule has 0 saturated heterocycles. The lowest BCUT2D eigenvalue weighted by atomic mass is 9.92. The summed E-state index contributed by atoms with van der Waals surface area (Å²) >= 11 is 0. The molecule has 0 aliphatic rings. The third kappa shape index (κ3) is 8.92. The smallest absolute Gasteiger partial charge is 0.241 e. The predicted molar refractivity (Wildman–Crippen MR) is 154 cm³/mol. The molecule has 0 bridgehead atoms. The first-order valence-corrected chi connectivity index (χ1v) is 14.0. The summed E-state index contributed by atoms with van der Waals surface area (Å²) in [6.45, 7) is 5.41. The minimum Gasteiger partial charge on any atom is -0.389 e. The third-order valence-electron chi connectivity index (χ3n) is 6.35. The molecule has 206 valence electrons. The van der Waals surface area contributed by atoms with Crippen molar-refractivity contribution in [1.82, 2.24) is 10.0 Å². The Morgan fingerprint density at radius 2 is 1.37 bits per heavy atom. The van der Waals surface area contributed by atoms with Crippen molar-refractivity contribution in [1.29, 1.82) is 0 Å². The number of aryl methyl sites for hydroxylation is 1. The van der Waals surface area contributed by atoms with Crippen molar-refractivity contribution in [3.8, 4) is 0 Å². The van der Waals surface area contributed by atoms with Crippen LogP contribution in [0.15, 0.2) is 89.8 Å². The van der Waals surface area contributed by atoms with Gasteiger partial charge in [0.2, 0.25) is 15.9 Å². The van der Waals surface area contributed by atoms with Gasteiger partial charge in [-0.3, -0.25) is 4.79 Å². The molecule has 0 saturated carbocycles. The molecule has 9 heteroatoms. The van der Waals surface area contributed by atoms with E-state index in [1.165, 1.54) is 12.1 Å². The number of aliphatic hydroxyl groups is 1. The molecule has 38 heavy (non-hydrogen) atoms. The fourth-order valence-corrected chi connectivity index (χ4v) is 5.49. The average molecular weight is 560 g/mol. The van der Waals surface area contributed by atoms with Gasteiger partial charge in [0.1, 0.15) is 6.04 Å². The second kappa shape index (κ2) is 14.4. The van der Waals surface area contributed by atoms with Gasteiger partial charge >= 0.3 is 0 Å². The van der Waals surface area contributed by atoms with E-state index in [1.807, 2.05) is 67.6 Å². The molecular formula is C29H38ClN3O4S. The van der Waals surface area contributed by atoms with E-state index in [0.29, 0.717) is 12.8 Å². The molecule has 0 aromatic heterocycles. The molecule has 0 spiro atoms. The summed E-state index contributed by atoms with van der Waals surface area (Å²) in [6, 6.07) is 23.1. The first-order valence-electron chi connectivity index (χ1n) is 12.5. The number of nitrogens with one attached hydrogen (secondary N) is 2. The molecule has 0 radical (unpaired) electrons. The monoisotopic (exact) mass is 559 g/mol. The van der Waals surface area contributed by atoms with Gasteiger partial charge in [-0.1, -0.05) is 92.2 Å². The Balaban J connectivity index is 0.00000507. The lowest BCUT2D eigenvalue weighted by Crippen LogP contribution is -2.58. The lowest BCUT2D eigenvalue weighted by molar-refractivity contribution is -0.125. The van der Waals surface area contributed by atoms with Gasteiger partial charge in [-0.15, -0.1) is 12.4 Å². The fraction of sp³-hybridized carbons (Fsp3) is 0.345. The van der Waals surface area contributed by atoms with Gasteiger partial charge in [0.05, 0.1) is 17.0 Å². The Hall–Kier alpha value is -2.75. The van der Waals surface area contributed by atoms with Crippen LogP contribution in [0.1, 0.15) is 30.5 Å². The number of sulfonamides is 1. The second-order valence-corrected chi connectivity index (χ2v) is 11.5. The molecule has 0 aliphatic heterocycles. The van der Waals surface area contributed by atoms with E-state index in [2.05, 4.69) is 10.0 Å². The Bertz CT molecular complexity index is 1240. The van der Waals surface area contributed by atoms with Crippen molar-refractivity contribution >= 4 is 28.3 Å². The highest BCUT2D eigenvalue weighted by atomic mass is 35.5. The molecule has 3 rings (SSSR count). The second-order valence-electron chi connectivity index (χ2n) is 9.81. The number of aliphatic hydroxyl groups excluding tert-OH is 1. The topological polar surface area (TPSA) is 122 Å². The van der Waals surface area contributed by atoms with E-state index in [0.717, 1.165) is 16.7 Å². The van der Waals surface area contributed by atoms with Crippen LogP contribution in [0.5, 0.6) is 0 Å². The fourth-order valence-electron chi connectivity index (χ4n) is 4.15. The van der Waals surface area contributed by atoms with Gasteiger partial charge in [-0.25, -0.2) is 8.42 Å². The van der Waals surface area contributed by atoms with Crippen molar-refractivity contribution < 1.29 is 18.3 Å². The summed E-state index contributed by atoms with van der Waals surface area (Å²) in [4.78, 5) is 13.5. The van der Waals surface area contributed by atoms with Crippen molar-refractivity contribution in [3.63, 3.8) is 0 Å². The van der Waals surface area contributed by atoms with Gasteiger partial charge in [0.25, 0.3) is 0 Å². The number of carbonyl (C=O) groups excluding carboxylic acids is 1. The standard InChI is InChI=1S/C29H37N3O4S.ClH/c1-20(2)27(32-37(35,36)24-16-14-21(3)15-17-24)29(34)31-26(19-23-12-8-5-9-13-23)28(33)25(30)18-22-10-6-4-7-11-22;/h4-17,20,25-28,32-33H,18-19,30H2,1-3H3,(H,31,34);1H/t25?,26?,27-,28?;/m0./s1. The SMILES string of the molecule is Cc1ccc(S(=O)(=O)N[C@H](C(=O)NC(Cc2ccccc2)C(O)C(N)Cc2ccccc2)C(C)C)cc1.Cl. The van der Waals surface area contributed by atoms with Crippen molar-refractivity contribution in [3.05, 3.63) is 102 Å². The van der Waals surface area contributed by atoms with E-state index < -0.39 is 40.2 Å². The maximum absolute atomic E-state index is 13.4. The largest absolute Gasteiger partial charge is 0.389 e. The quantitative estimate of drug-likeness (QED) is 0.271. The number of halogens is 1.